The highest BCUT2D eigenvalue weighted by molar-refractivity contribution is 14.1. The summed E-state index contributed by atoms with van der Waals surface area (Å²) >= 11 is 2.43. The van der Waals surface area contributed by atoms with Crippen molar-refractivity contribution in [3.8, 4) is 0 Å². The van der Waals surface area contributed by atoms with Crippen LogP contribution in [-0.2, 0) is 4.74 Å². The van der Waals surface area contributed by atoms with E-state index in [0.29, 0.717) is 12.2 Å². The number of hydrogen-bond acceptors (Lipinski definition) is 1. The Balaban J connectivity index is 2.07. The molecule has 0 bridgehead atoms. The Kier molecular flexibility index (Phi) is 4.44. The number of hydrogen-bond donors (Lipinski definition) is 0. The van der Waals surface area contributed by atoms with E-state index >= 15 is 0 Å². The Morgan fingerprint density at radius 1 is 1.13 bits per heavy atom. The molecule has 1 heterocycles. The summed E-state index contributed by atoms with van der Waals surface area (Å²) in [5, 5.41) is 0. The molecule has 2 unspecified atom stereocenters. The zero-order valence-corrected chi connectivity index (χ0v) is 11.0. The molecular formula is C13H17IO. The fraction of sp³-hybridized carbons (Fsp3) is 0.538. The van der Waals surface area contributed by atoms with Crippen molar-refractivity contribution in [1.82, 2.24) is 0 Å². The minimum atomic E-state index is 0.327. The molecule has 1 aromatic rings. The third kappa shape index (κ3) is 3.18. The molecule has 0 N–H and O–H groups in total. The van der Waals surface area contributed by atoms with Crippen LogP contribution in [0.4, 0.5) is 0 Å². The van der Waals surface area contributed by atoms with E-state index in [0.717, 1.165) is 4.43 Å². The molecule has 15 heavy (non-hydrogen) atoms. The average molecular weight is 316 g/mol. The molecule has 0 aromatic heterocycles. The Labute approximate surface area is 105 Å². The van der Waals surface area contributed by atoms with E-state index < -0.39 is 0 Å². The molecule has 82 valence electrons. The molecule has 1 nitrogen and oxygen atoms in total. The molecule has 1 fully saturated rings. The molecule has 0 radical (unpaired) electrons. The van der Waals surface area contributed by atoms with Crippen LogP contribution < -0.4 is 0 Å². The highest BCUT2D eigenvalue weighted by atomic mass is 127. The van der Waals surface area contributed by atoms with E-state index in [2.05, 4.69) is 52.9 Å². The van der Waals surface area contributed by atoms with E-state index in [1.807, 2.05) is 0 Å². The third-order valence-corrected chi connectivity index (χ3v) is 3.92. The first kappa shape index (κ1) is 11.4. The number of alkyl halides is 1. The molecule has 2 heteroatoms. The molecule has 2 rings (SSSR count). The van der Waals surface area contributed by atoms with Crippen molar-refractivity contribution in [3.05, 3.63) is 35.9 Å². The van der Waals surface area contributed by atoms with Crippen LogP contribution in [0.2, 0.25) is 0 Å². The summed E-state index contributed by atoms with van der Waals surface area (Å²) in [4.78, 5) is 0. The van der Waals surface area contributed by atoms with Crippen LogP contribution in [0.1, 0.15) is 37.4 Å². The van der Waals surface area contributed by atoms with Crippen LogP contribution in [0.5, 0.6) is 0 Å². The Bertz CT molecular complexity index is 286. The van der Waals surface area contributed by atoms with Gasteiger partial charge >= 0.3 is 0 Å². The molecule has 1 aliphatic heterocycles. The minimum absolute atomic E-state index is 0.327. The molecule has 0 amide bonds. The van der Waals surface area contributed by atoms with Crippen molar-refractivity contribution >= 4 is 22.6 Å². The molecule has 0 spiro atoms. The lowest BCUT2D eigenvalue weighted by atomic mass is 10.0. The summed E-state index contributed by atoms with van der Waals surface area (Å²) in [7, 11) is 0. The Morgan fingerprint density at radius 3 is 2.60 bits per heavy atom. The fourth-order valence-corrected chi connectivity index (χ4v) is 2.74. The predicted molar refractivity (Wildman–Crippen MR) is 71.4 cm³/mol. The third-order valence-electron chi connectivity index (χ3n) is 2.94. The SMILES string of the molecule is ICC1CCCCC(c2ccccc2)O1. The van der Waals surface area contributed by atoms with Crippen molar-refractivity contribution in [1.29, 1.82) is 0 Å². The highest BCUT2D eigenvalue weighted by Crippen LogP contribution is 2.30. The molecule has 2 atom stereocenters. The van der Waals surface area contributed by atoms with Crippen LogP contribution in [0, 0.1) is 0 Å². The predicted octanol–water partition coefficient (Wildman–Crippen LogP) is 4.12. The largest absolute Gasteiger partial charge is 0.370 e. The van der Waals surface area contributed by atoms with Crippen LogP contribution in [0.3, 0.4) is 0 Å². The van der Waals surface area contributed by atoms with E-state index in [-0.39, 0.29) is 0 Å². The number of ether oxygens (including phenoxy) is 1. The first-order chi connectivity index (χ1) is 7.40. The second kappa shape index (κ2) is 5.85. The molecule has 1 aliphatic rings. The smallest absolute Gasteiger partial charge is 0.0829 e. The minimum Gasteiger partial charge on any atom is -0.370 e. The lowest BCUT2D eigenvalue weighted by Crippen LogP contribution is -2.15. The van der Waals surface area contributed by atoms with Gasteiger partial charge in [0, 0.05) is 4.43 Å². The highest BCUT2D eigenvalue weighted by Gasteiger charge is 2.20. The Morgan fingerprint density at radius 2 is 1.87 bits per heavy atom. The lowest BCUT2D eigenvalue weighted by Gasteiger charge is -2.20. The van der Waals surface area contributed by atoms with E-state index in [4.69, 9.17) is 4.74 Å². The zero-order chi connectivity index (χ0) is 10.5. The monoisotopic (exact) mass is 316 g/mol. The average Bonchev–Trinajstić information content (AvgIpc) is 2.55. The lowest BCUT2D eigenvalue weighted by molar-refractivity contribution is 0.00493. The van der Waals surface area contributed by atoms with Crippen molar-refractivity contribution in [2.24, 2.45) is 0 Å². The second-order valence-electron chi connectivity index (χ2n) is 4.10. The van der Waals surface area contributed by atoms with E-state index in [1.54, 1.807) is 0 Å². The maximum absolute atomic E-state index is 6.14. The van der Waals surface area contributed by atoms with Gasteiger partial charge in [0.25, 0.3) is 0 Å². The van der Waals surface area contributed by atoms with E-state index in [9.17, 15) is 0 Å². The molecule has 1 saturated heterocycles. The summed E-state index contributed by atoms with van der Waals surface area (Å²) in [6.45, 7) is 0. The van der Waals surface area contributed by atoms with Crippen molar-refractivity contribution in [3.63, 3.8) is 0 Å². The number of rotatable bonds is 2. The molecule has 0 aliphatic carbocycles. The van der Waals surface area contributed by atoms with E-state index in [1.165, 1.54) is 31.2 Å². The van der Waals surface area contributed by atoms with Crippen LogP contribution in [0.15, 0.2) is 30.3 Å². The van der Waals surface area contributed by atoms with Gasteiger partial charge in [-0.1, -0.05) is 65.8 Å². The van der Waals surface area contributed by atoms with Gasteiger partial charge in [-0.3, -0.25) is 0 Å². The summed E-state index contributed by atoms with van der Waals surface area (Å²) in [5.41, 5.74) is 1.34. The summed E-state index contributed by atoms with van der Waals surface area (Å²) in [5.74, 6) is 0. The normalized spacial score (nSPS) is 27.3. The van der Waals surface area contributed by atoms with Crippen LogP contribution in [0.25, 0.3) is 0 Å². The zero-order valence-electron chi connectivity index (χ0n) is 8.86. The van der Waals surface area contributed by atoms with Gasteiger partial charge < -0.3 is 4.74 Å². The van der Waals surface area contributed by atoms with Crippen LogP contribution in [-0.4, -0.2) is 10.5 Å². The first-order valence-corrected chi connectivity index (χ1v) is 7.19. The quantitative estimate of drug-likeness (QED) is 0.589. The number of halogens is 1. The first-order valence-electron chi connectivity index (χ1n) is 5.66. The molecule has 1 aromatic carbocycles. The van der Waals surface area contributed by atoms with Crippen molar-refractivity contribution in [2.45, 2.75) is 37.9 Å². The summed E-state index contributed by atoms with van der Waals surface area (Å²) in [6.07, 6.45) is 5.81. The van der Waals surface area contributed by atoms with Gasteiger partial charge in [0.2, 0.25) is 0 Å². The molecule has 0 saturated carbocycles. The van der Waals surface area contributed by atoms with Gasteiger partial charge in [-0.05, 0) is 18.4 Å². The summed E-state index contributed by atoms with van der Waals surface area (Å²) in [6, 6.07) is 10.6. The van der Waals surface area contributed by atoms with Gasteiger partial charge in [0.05, 0.1) is 12.2 Å². The number of benzene rings is 1. The summed E-state index contributed by atoms with van der Waals surface area (Å²) < 4.78 is 7.25. The topological polar surface area (TPSA) is 9.23 Å². The Hall–Kier alpha value is -0.0900. The van der Waals surface area contributed by atoms with Crippen molar-refractivity contribution in [2.75, 3.05) is 4.43 Å². The van der Waals surface area contributed by atoms with Gasteiger partial charge in [-0.15, -0.1) is 0 Å². The van der Waals surface area contributed by atoms with Gasteiger partial charge in [-0.25, -0.2) is 0 Å². The van der Waals surface area contributed by atoms with Gasteiger partial charge in [0.15, 0.2) is 0 Å². The van der Waals surface area contributed by atoms with Gasteiger partial charge in [0.1, 0.15) is 0 Å². The standard InChI is InChI=1S/C13H17IO/c14-10-12-8-4-5-9-13(15-12)11-6-2-1-3-7-11/h1-3,6-7,12-13H,4-5,8-10H2. The van der Waals surface area contributed by atoms with Crippen LogP contribution >= 0.6 is 22.6 Å². The molecular weight excluding hydrogens is 299 g/mol. The second-order valence-corrected chi connectivity index (χ2v) is 4.98. The maximum Gasteiger partial charge on any atom is 0.0829 e. The fourth-order valence-electron chi connectivity index (χ4n) is 2.10. The van der Waals surface area contributed by atoms with Gasteiger partial charge in [-0.2, -0.15) is 0 Å². The van der Waals surface area contributed by atoms with Crippen molar-refractivity contribution < 1.29 is 4.74 Å². The maximum atomic E-state index is 6.14.